The van der Waals surface area contributed by atoms with Crippen LogP contribution in [0.2, 0.25) is 0 Å². The van der Waals surface area contributed by atoms with E-state index in [9.17, 15) is 18.0 Å². The lowest BCUT2D eigenvalue weighted by atomic mass is 10.1. The molecule has 0 fully saturated rings. The summed E-state index contributed by atoms with van der Waals surface area (Å²) in [7, 11) is 3.79. The summed E-state index contributed by atoms with van der Waals surface area (Å²) in [6.45, 7) is 1.88. The van der Waals surface area contributed by atoms with Crippen LogP contribution < -0.4 is 15.5 Å². The van der Waals surface area contributed by atoms with Crippen LogP contribution in [0.3, 0.4) is 0 Å². The van der Waals surface area contributed by atoms with Gasteiger partial charge < -0.3 is 15.5 Å². The molecule has 2 N–H and O–H groups in total. The van der Waals surface area contributed by atoms with E-state index in [0.29, 0.717) is 17.2 Å². The van der Waals surface area contributed by atoms with Crippen LogP contribution in [0.5, 0.6) is 0 Å². The number of benzene rings is 2. The summed E-state index contributed by atoms with van der Waals surface area (Å²) in [5.74, 6) is 0.919. The standard InChI is InChI=1S/C22H22F3N5O/c1-14-12-19(30(2)3)29-21(26-14)28-18-10-8-17(9-11-18)27-20(31)13-15-4-6-16(7-5-15)22(23,24)25/h4-12H,13H2,1-3H3,(H,27,31)(H,26,28,29). The minimum Gasteiger partial charge on any atom is -0.363 e. The third-order valence-electron chi connectivity index (χ3n) is 4.37. The van der Waals surface area contributed by atoms with Gasteiger partial charge in [-0.25, -0.2) is 4.98 Å². The van der Waals surface area contributed by atoms with Crippen molar-refractivity contribution in [1.82, 2.24) is 9.97 Å². The minimum atomic E-state index is -4.39. The lowest BCUT2D eigenvalue weighted by molar-refractivity contribution is -0.137. The number of amides is 1. The first-order valence-corrected chi connectivity index (χ1v) is 9.46. The maximum Gasteiger partial charge on any atom is 0.416 e. The highest BCUT2D eigenvalue weighted by Gasteiger charge is 2.29. The van der Waals surface area contributed by atoms with Crippen molar-refractivity contribution in [3.8, 4) is 0 Å². The van der Waals surface area contributed by atoms with Gasteiger partial charge in [0.15, 0.2) is 0 Å². The van der Waals surface area contributed by atoms with Crippen LogP contribution in [0.15, 0.2) is 54.6 Å². The number of nitrogens with zero attached hydrogens (tertiary/aromatic N) is 3. The van der Waals surface area contributed by atoms with E-state index in [1.54, 1.807) is 24.3 Å². The second kappa shape index (κ2) is 9.03. The SMILES string of the molecule is Cc1cc(N(C)C)nc(Nc2ccc(NC(=O)Cc3ccc(C(F)(F)F)cc3)cc2)n1. The molecule has 1 heterocycles. The maximum atomic E-state index is 12.6. The van der Waals surface area contributed by atoms with E-state index in [-0.39, 0.29) is 12.3 Å². The second-order valence-electron chi connectivity index (χ2n) is 7.21. The highest BCUT2D eigenvalue weighted by Crippen LogP contribution is 2.29. The highest BCUT2D eigenvalue weighted by molar-refractivity contribution is 5.92. The number of aromatic nitrogens is 2. The van der Waals surface area contributed by atoms with E-state index < -0.39 is 11.7 Å². The van der Waals surface area contributed by atoms with E-state index in [1.807, 2.05) is 32.0 Å². The first-order valence-electron chi connectivity index (χ1n) is 9.46. The van der Waals surface area contributed by atoms with Gasteiger partial charge in [-0.05, 0) is 48.9 Å². The zero-order valence-electron chi connectivity index (χ0n) is 17.3. The Labute approximate surface area is 178 Å². The zero-order chi connectivity index (χ0) is 22.6. The molecular formula is C22H22F3N5O. The molecule has 3 rings (SSSR count). The molecule has 6 nitrogen and oxygen atoms in total. The molecule has 0 aliphatic rings. The van der Waals surface area contributed by atoms with E-state index in [0.717, 1.165) is 29.3 Å². The first kappa shape index (κ1) is 22.1. The van der Waals surface area contributed by atoms with Gasteiger partial charge in [-0.1, -0.05) is 12.1 Å². The van der Waals surface area contributed by atoms with Gasteiger partial charge in [-0.2, -0.15) is 18.2 Å². The highest BCUT2D eigenvalue weighted by atomic mass is 19.4. The van der Waals surface area contributed by atoms with Crippen molar-refractivity contribution in [1.29, 1.82) is 0 Å². The quantitative estimate of drug-likeness (QED) is 0.589. The molecule has 1 amide bonds. The topological polar surface area (TPSA) is 70.2 Å². The molecule has 0 aliphatic carbocycles. The number of nitrogens with one attached hydrogen (secondary N) is 2. The first-order chi connectivity index (χ1) is 14.6. The molecule has 0 atom stereocenters. The number of alkyl halides is 3. The fourth-order valence-corrected chi connectivity index (χ4v) is 2.81. The zero-order valence-corrected chi connectivity index (χ0v) is 17.3. The van der Waals surface area contributed by atoms with Crippen LogP contribution in [0.4, 0.5) is 36.3 Å². The molecule has 162 valence electrons. The Hall–Kier alpha value is -3.62. The van der Waals surface area contributed by atoms with Gasteiger partial charge in [0, 0.05) is 37.2 Å². The van der Waals surface area contributed by atoms with E-state index in [4.69, 9.17) is 0 Å². The molecule has 0 saturated carbocycles. The second-order valence-corrected chi connectivity index (χ2v) is 7.21. The smallest absolute Gasteiger partial charge is 0.363 e. The van der Waals surface area contributed by atoms with Crippen molar-refractivity contribution in [2.75, 3.05) is 29.6 Å². The minimum absolute atomic E-state index is 0.0252. The van der Waals surface area contributed by atoms with Gasteiger partial charge in [0.2, 0.25) is 11.9 Å². The predicted octanol–water partition coefficient (Wildman–Crippen LogP) is 4.79. The van der Waals surface area contributed by atoms with E-state index in [1.165, 1.54) is 12.1 Å². The normalized spacial score (nSPS) is 11.2. The van der Waals surface area contributed by atoms with Gasteiger partial charge in [-0.15, -0.1) is 0 Å². The predicted molar refractivity (Wildman–Crippen MR) is 115 cm³/mol. The molecule has 0 saturated heterocycles. The molecule has 2 aromatic carbocycles. The molecule has 9 heteroatoms. The molecule has 1 aromatic heterocycles. The lowest BCUT2D eigenvalue weighted by Crippen LogP contribution is -2.14. The summed E-state index contributed by atoms with van der Waals surface area (Å²) in [5, 5.41) is 5.86. The molecule has 0 spiro atoms. The Bertz CT molecular complexity index is 1050. The van der Waals surface area contributed by atoms with Crippen molar-refractivity contribution < 1.29 is 18.0 Å². The van der Waals surface area contributed by atoms with Gasteiger partial charge in [0.1, 0.15) is 5.82 Å². The van der Waals surface area contributed by atoms with E-state index >= 15 is 0 Å². The fourth-order valence-electron chi connectivity index (χ4n) is 2.81. The van der Waals surface area contributed by atoms with Crippen molar-refractivity contribution in [3.63, 3.8) is 0 Å². The third kappa shape index (κ3) is 6.18. The van der Waals surface area contributed by atoms with Crippen LogP contribution in [0.1, 0.15) is 16.8 Å². The van der Waals surface area contributed by atoms with E-state index in [2.05, 4.69) is 20.6 Å². The average Bonchev–Trinajstić information content (AvgIpc) is 2.68. The Morgan fingerprint density at radius 2 is 1.58 bits per heavy atom. The largest absolute Gasteiger partial charge is 0.416 e. The Kier molecular flexibility index (Phi) is 6.43. The molecule has 3 aromatic rings. The number of hydrogen-bond acceptors (Lipinski definition) is 5. The Balaban J connectivity index is 1.60. The van der Waals surface area contributed by atoms with Gasteiger partial charge in [0.25, 0.3) is 0 Å². The fraction of sp³-hybridized carbons (Fsp3) is 0.227. The van der Waals surface area contributed by atoms with Crippen molar-refractivity contribution in [2.45, 2.75) is 19.5 Å². The van der Waals surface area contributed by atoms with Crippen LogP contribution in [-0.2, 0) is 17.4 Å². The van der Waals surface area contributed by atoms with Crippen molar-refractivity contribution in [3.05, 3.63) is 71.4 Å². The third-order valence-corrected chi connectivity index (χ3v) is 4.37. The number of carbonyl (C=O) groups excluding carboxylic acids is 1. The Morgan fingerprint density at radius 1 is 0.968 bits per heavy atom. The van der Waals surface area contributed by atoms with Crippen LogP contribution in [0.25, 0.3) is 0 Å². The molecule has 31 heavy (non-hydrogen) atoms. The lowest BCUT2D eigenvalue weighted by Gasteiger charge is -2.14. The molecule has 0 radical (unpaired) electrons. The summed E-state index contributed by atoms with van der Waals surface area (Å²) >= 11 is 0. The van der Waals surface area contributed by atoms with Gasteiger partial charge >= 0.3 is 6.18 Å². The van der Waals surface area contributed by atoms with Gasteiger partial charge in [0.05, 0.1) is 12.0 Å². The average molecular weight is 429 g/mol. The molecule has 0 unspecified atom stereocenters. The van der Waals surface area contributed by atoms with Crippen LogP contribution in [0, 0.1) is 6.92 Å². The number of anilines is 4. The number of aryl methyl sites for hydroxylation is 1. The summed E-state index contributed by atoms with van der Waals surface area (Å²) < 4.78 is 37.9. The summed E-state index contributed by atoms with van der Waals surface area (Å²) in [5.41, 5.74) is 1.90. The molecule has 0 bridgehead atoms. The van der Waals surface area contributed by atoms with Crippen molar-refractivity contribution >= 4 is 29.0 Å². The van der Waals surface area contributed by atoms with Crippen molar-refractivity contribution in [2.24, 2.45) is 0 Å². The monoisotopic (exact) mass is 429 g/mol. The molecule has 0 aliphatic heterocycles. The number of rotatable bonds is 6. The summed E-state index contributed by atoms with van der Waals surface area (Å²) in [6.07, 6.45) is -4.42. The number of carbonyl (C=O) groups is 1. The summed E-state index contributed by atoms with van der Waals surface area (Å²) in [4.78, 5) is 22.9. The number of hydrogen-bond donors (Lipinski definition) is 2. The van der Waals surface area contributed by atoms with Gasteiger partial charge in [-0.3, -0.25) is 4.79 Å². The summed E-state index contributed by atoms with van der Waals surface area (Å²) in [6, 6.07) is 13.4. The van der Waals surface area contributed by atoms with Crippen LogP contribution >= 0.6 is 0 Å². The number of halogens is 3. The maximum absolute atomic E-state index is 12.6. The Morgan fingerprint density at radius 3 is 2.16 bits per heavy atom. The molecular weight excluding hydrogens is 407 g/mol. The van der Waals surface area contributed by atoms with Crippen LogP contribution in [-0.4, -0.2) is 30.0 Å².